The lowest BCUT2D eigenvalue weighted by atomic mass is 10.1. The van der Waals surface area contributed by atoms with Gasteiger partial charge in [-0.15, -0.1) is 0 Å². The maximum atomic E-state index is 10.8. The number of aromatic amines is 1. The van der Waals surface area contributed by atoms with Crippen molar-refractivity contribution in [2.24, 2.45) is 0 Å². The molecule has 7 heteroatoms. The Hall–Kier alpha value is -3.09. The zero-order chi connectivity index (χ0) is 14.8. The number of pyridine rings is 1. The van der Waals surface area contributed by atoms with Gasteiger partial charge in [-0.1, -0.05) is 0 Å². The predicted molar refractivity (Wildman–Crippen MR) is 76.4 cm³/mol. The Morgan fingerprint density at radius 3 is 2.76 bits per heavy atom. The number of nitrogens with one attached hydrogen (secondary N) is 1. The lowest BCUT2D eigenvalue weighted by Gasteiger charge is -1.99. The van der Waals surface area contributed by atoms with Crippen LogP contribution in [0.15, 0.2) is 42.7 Å². The number of nitro benzene ring substituents is 1. The molecule has 1 N–H and O–H groups in total. The van der Waals surface area contributed by atoms with Crippen molar-refractivity contribution in [1.29, 1.82) is 0 Å². The van der Waals surface area contributed by atoms with Crippen molar-refractivity contribution >= 4 is 5.69 Å². The van der Waals surface area contributed by atoms with Gasteiger partial charge in [-0.05, 0) is 31.2 Å². The summed E-state index contributed by atoms with van der Waals surface area (Å²) in [5.41, 5.74) is 2.22. The van der Waals surface area contributed by atoms with E-state index in [0.29, 0.717) is 17.2 Å². The third kappa shape index (κ3) is 2.48. The van der Waals surface area contributed by atoms with Gasteiger partial charge in [-0.25, -0.2) is 4.98 Å². The second kappa shape index (κ2) is 5.12. The van der Waals surface area contributed by atoms with Crippen molar-refractivity contribution in [1.82, 2.24) is 20.2 Å². The summed E-state index contributed by atoms with van der Waals surface area (Å²) in [4.78, 5) is 18.8. The highest BCUT2D eigenvalue weighted by molar-refractivity contribution is 5.63. The van der Waals surface area contributed by atoms with Crippen LogP contribution in [0.3, 0.4) is 0 Å². The highest BCUT2D eigenvalue weighted by Gasteiger charge is 2.13. The summed E-state index contributed by atoms with van der Waals surface area (Å²) in [5.74, 6) is 1.10. The molecule has 0 aliphatic heterocycles. The van der Waals surface area contributed by atoms with Crippen molar-refractivity contribution in [3.63, 3.8) is 0 Å². The fraction of sp³-hybridized carbons (Fsp3) is 0.0714. The first-order valence-electron chi connectivity index (χ1n) is 6.23. The molecule has 7 nitrogen and oxygen atoms in total. The fourth-order valence-electron chi connectivity index (χ4n) is 2.02. The number of hydrogen-bond donors (Lipinski definition) is 1. The SMILES string of the molecule is Cc1cc(-c2nc(-c3cccnc3)n[nH]2)ccc1[N+](=O)[O-]. The maximum Gasteiger partial charge on any atom is 0.272 e. The number of aromatic nitrogens is 4. The van der Waals surface area contributed by atoms with Gasteiger partial charge in [0.25, 0.3) is 5.69 Å². The Balaban J connectivity index is 1.97. The normalized spacial score (nSPS) is 10.5. The quantitative estimate of drug-likeness (QED) is 0.588. The molecule has 2 aromatic heterocycles. The summed E-state index contributed by atoms with van der Waals surface area (Å²) in [7, 11) is 0. The maximum absolute atomic E-state index is 10.8. The third-order valence-corrected chi connectivity index (χ3v) is 3.07. The summed E-state index contributed by atoms with van der Waals surface area (Å²) < 4.78 is 0. The van der Waals surface area contributed by atoms with E-state index in [4.69, 9.17) is 0 Å². The molecule has 3 rings (SSSR count). The zero-order valence-electron chi connectivity index (χ0n) is 11.1. The van der Waals surface area contributed by atoms with Gasteiger partial charge in [0.1, 0.15) is 0 Å². The average Bonchev–Trinajstić information content (AvgIpc) is 2.97. The van der Waals surface area contributed by atoms with Gasteiger partial charge < -0.3 is 0 Å². The van der Waals surface area contributed by atoms with Crippen LogP contribution in [-0.4, -0.2) is 25.1 Å². The highest BCUT2D eigenvalue weighted by atomic mass is 16.6. The number of rotatable bonds is 3. The summed E-state index contributed by atoms with van der Waals surface area (Å²) >= 11 is 0. The first kappa shape index (κ1) is 12.9. The molecule has 0 aliphatic carbocycles. The van der Waals surface area contributed by atoms with E-state index in [1.807, 2.05) is 6.07 Å². The van der Waals surface area contributed by atoms with Gasteiger partial charge in [-0.3, -0.25) is 20.2 Å². The molecule has 0 saturated heterocycles. The van der Waals surface area contributed by atoms with Gasteiger partial charge >= 0.3 is 0 Å². The molecule has 0 unspecified atom stereocenters. The first-order chi connectivity index (χ1) is 10.1. The standard InChI is InChI=1S/C14H11N5O2/c1-9-7-10(4-5-12(9)19(20)21)13-16-14(18-17-13)11-3-2-6-15-8-11/h2-8H,1H3,(H,16,17,18). The minimum atomic E-state index is -0.402. The van der Waals surface area contributed by atoms with E-state index in [1.54, 1.807) is 37.5 Å². The lowest BCUT2D eigenvalue weighted by Crippen LogP contribution is -1.92. The number of nitro groups is 1. The van der Waals surface area contributed by atoms with Crippen molar-refractivity contribution in [2.75, 3.05) is 0 Å². The second-order valence-electron chi connectivity index (χ2n) is 4.51. The van der Waals surface area contributed by atoms with E-state index in [0.717, 1.165) is 11.1 Å². The van der Waals surface area contributed by atoms with Crippen LogP contribution in [0.25, 0.3) is 22.8 Å². The molecule has 0 saturated carbocycles. The molecule has 3 aromatic rings. The zero-order valence-corrected chi connectivity index (χ0v) is 11.1. The molecule has 0 bridgehead atoms. The molecule has 0 atom stereocenters. The van der Waals surface area contributed by atoms with Crippen LogP contribution in [-0.2, 0) is 0 Å². The van der Waals surface area contributed by atoms with E-state index >= 15 is 0 Å². The number of nitrogens with zero attached hydrogens (tertiary/aromatic N) is 4. The number of hydrogen-bond acceptors (Lipinski definition) is 5. The molecule has 2 heterocycles. The van der Waals surface area contributed by atoms with Crippen LogP contribution < -0.4 is 0 Å². The lowest BCUT2D eigenvalue weighted by molar-refractivity contribution is -0.385. The van der Waals surface area contributed by atoms with Gasteiger partial charge in [0.15, 0.2) is 11.6 Å². The van der Waals surface area contributed by atoms with Crippen molar-refractivity contribution in [2.45, 2.75) is 6.92 Å². The molecule has 0 amide bonds. The molecule has 0 fully saturated rings. The predicted octanol–water partition coefficient (Wildman–Crippen LogP) is 2.75. The van der Waals surface area contributed by atoms with E-state index in [1.165, 1.54) is 6.07 Å². The molecule has 0 aliphatic rings. The van der Waals surface area contributed by atoms with Crippen LogP contribution in [0.1, 0.15) is 5.56 Å². The van der Waals surface area contributed by atoms with Crippen molar-refractivity contribution in [3.8, 4) is 22.8 Å². The fourth-order valence-corrected chi connectivity index (χ4v) is 2.02. The molecule has 1 aromatic carbocycles. The minimum Gasteiger partial charge on any atom is -0.264 e. The minimum absolute atomic E-state index is 0.0887. The third-order valence-electron chi connectivity index (χ3n) is 3.07. The number of H-pyrrole nitrogens is 1. The van der Waals surface area contributed by atoms with Crippen LogP contribution in [0, 0.1) is 17.0 Å². The number of aryl methyl sites for hydroxylation is 1. The Morgan fingerprint density at radius 1 is 1.24 bits per heavy atom. The van der Waals surface area contributed by atoms with E-state index in [2.05, 4.69) is 20.2 Å². The second-order valence-corrected chi connectivity index (χ2v) is 4.51. The highest BCUT2D eigenvalue weighted by Crippen LogP contribution is 2.25. The summed E-state index contributed by atoms with van der Waals surface area (Å²) in [6.45, 7) is 1.69. The van der Waals surface area contributed by atoms with Gasteiger partial charge in [0, 0.05) is 35.2 Å². The van der Waals surface area contributed by atoms with E-state index in [-0.39, 0.29) is 5.69 Å². The molecule has 0 spiro atoms. The van der Waals surface area contributed by atoms with E-state index in [9.17, 15) is 10.1 Å². The molecule has 104 valence electrons. The molecule has 21 heavy (non-hydrogen) atoms. The van der Waals surface area contributed by atoms with Crippen LogP contribution in [0.2, 0.25) is 0 Å². The van der Waals surface area contributed by atoms with Crippen LogP contribution in [0.4, 0.5) is 5.69 Å². The first-order valence-corrected chi connectivity index (χ1v) is 6.23. The van der Waals surface area contributed by atoms with Crippen molar-refractivity contribution in [3.05, 3.63) is 58.4 Å². The smallest absolute Gasteiger partial charge is 0.264 e. The Morgan fingerprint density at radius 2 is 2.10 bits per heavy atom. The van der Waals surface area contributed by atoms with Crippen LogP contribution in [0.5, 0.6) is 0 Å². The van der Waals surface area contributed by atoms with Gasteiger partial charge in [0.05, 0.1) is 4.92 Å². The topological polar surface area (TPSA) is 97.6 Å². The van der Waals surface area contributed by atoms with Crippen LogP contribution >= 0.6 is 0 Å². The Kier molecular flexibility index (Phi) is 3.15. The summed E-state index contributed by atoms with van der Waals surface area (Å²) in [6, 6.07) is 8.50. The monoisotopic (exact) mass is 281 g/mol. The summed E-state index contributed by atoms with van der Waals surface area (Å²) in [5, 5.41) is 17.8. The largest absolute Gasteiger partial charge is 0.272 e. The number of benzene rings is 1. The van der Waals surface area contributed by atoms with Crippen molar-refractivity contribution < 1.29 is 4.92 Å². The molecular weight excluding hydrogens is 270 g/mol. The Labute approximate surface area is 119 Å². The molecule has 0 radical (unpaired) electrons. The molecular formula is C14H11N5O2. The van der Waals surface area contributed by atoms with E-state index < -0.39 is 4.92 Å². The van der Waals surface area contributed by atoms with Gasteiger partial charge in [0.2, 0.25) is 0 Å². The van der Waals surface area contributed by atoms with Gasteiger partial charge in [-0.2, -0.15) is 5.10 Å². The summed E-state index contributed by atoms with van der Waals surface area (Å²) in [6.07, 6.45) is 3.35. The Bertz CT molecular complexity index is 798. The average molecular weight is 281 g/mol.